The van der Waals surface area contributed by atoms with Gasteiger partial charge >= 0.3 is 0 Å². The molecule has 2 aromatic rings. The molecule has 2 heterocycles. The van der Waals surface area contributed by atoms with E-state index >= 15 is 0 Å². The van der Waals surface area contributed by atoms with Crippen molar-refractivity contribution in [2.75, 3.05) is 0 Å². The number of fused-ring (bicyclic) bond motifs is 2. The van der Waals surface area contributed by atoms with Crippen LogP contribution in [0.3, 0.4) is 0 Å². The Morgan fingerprint density at radius 1 is 0.636 bits per heavy atom. The van der Waals surface area contributed by atoms with Crippen LogP contribution in [0.4, 0.5) is 0 Å². The van der Waals surface area contributed by atoms with E-state index in [-0.39, 0.29) is 0 Å². The molecular formula is C20H22S2. The first-order valence-corrected chi connectivity index (χ1v) is 9.80. The summed E-state index contributed by atoms with van der Waals surface area (Å²) in [5.41, 5.74) is 9.36. The lowest BCUT2D eigenvalue weighted by molar-refractivity contribution is 0.963. The van der Waals surface area contributed by atoms with Crippen molar-refractivity contribution in [2.45, 2.75) is 53.4 Å². The molecule has 2 aliphatic carbocycles. The lowest BCUT2D eigenvalue weighted by Gasteiger charge is -2.23. The summed E-state index contributed by atoms with van der Waals surface area (Å²) in [5.74, 6) is 0. The highest BCUT2D eigenvalue weighted by Gasteiger charge is 2.27. The number of hydrogen-bond acceptors (Lipinski definition) is 2. The second-order valence-corrected chi connectivity index (χ2v) is 9.31. The molecule has 4 rings (SSSR count). The molecule has 0 saturated heterocycles. The lowest BCUT2D eigenvalue weighted by atomic mass is 9.80. The molecule has 0 atom stereocenters. The fourth-order valence-corrected chi connectivity index (χ4v) is 6.43. The third kappa shape index (κ3) is 2.00. The summed E-state index contributed by atoms with van der Waals surface area (Å²) in [6, 6.07) is 0. The minimum Gasteiger partial charge on any atom is -0.145 e. The smallest absolute Gasteiger partial charge is 0.00983 e. The van der Waals surface area contributed by atoms with Crippen molar-refractivity contribution in [3.63, 3.8) is 0 Å². The number of allylic oxidation sites excluding steroid dienone is 4. The minimum atomic E-state index is 1.19. The summed E-state index contributed by atoms with van der Waals surface area (Å²) in [5, 5.41) is 0. The maximum Gasteiger partial charge on any atom is 0.00983 e. The van der Waals surface area contributed by atoms with E-state index in [4.69, 9.17) is 0 Å². The molecule has 0 N–H and O–H groups in total. The predicted molar refractivity (Wildman–Crippen MR) is 100 cm³/mol. The Labute approximate surface area is 141 Å². The molecule has 0 amide bonds. The summed E-state index contributed by atoms with van der Waals surface area (Å²) in [6.07, 6.45) is 9.81. The van der Waals surface area contributed by atoms with Gasteiger partial charge in [0, 0.05) is 19.5 Å². The molecule has 0 aromatic carbocycles. The molecule has 0 unspecified atom stereocenters. The van der Waals surface area contributed by atoms with E-state index in [0.29, 0.717) is 0 Å². The Kier molecular flexibility index (Phi) is 3.43. The molecule has 0 spiro atoms. The van der Waals surface area contributed by atoms with Gasteiger partial charge in [-0.1, -0.05) is 12.2 Å². The first kappa shape index (κ1) is 14.5. The van der Waals surface area contributed by atoms with Gasteiger partial charge in [0.05, 0.1) is 0 Å². The fraction of sp³-hybridized carbons (Fsp3) is 0.400. The van der Waals surface area contributed by atoms with Crippen LogP contribution in [0, 0.1) is 27.7 Å². The summed E-state index contributed by atoms with van der Waals surface area (Å²) >= 11 is 3.96. The Morgan fingerprint density at radius 3 is 1.45 bits per heavy atom. The first-order valence-electron chi connectivity index (χ1n) is 8.17. The molecule has 0 radical (unpaired) electrons. The molecule has 2 aliphatic rings. The zero-order valence-corrected chi connectivity index (χ0v) is 15.4. The molecule has 2 aromatic heterocycles. The molecule has 0 aliphatic heterocycles. The molecule has 114 valence electrons. The van der Waals surface area contributed by atoms with E-state index in [9.17, 15) is 0 Å². The van der Waals surface area contributed by atoms with E-state index in [1.54, 1.807) is 22.3 Å². The van der Waals surface area contributed by atoms with Gasteiger partial charge in [0.25, 0.3) is 0 Å². The van der Waals surface area contributed by atoms with Gasteiger partial charge in [-0.2, -0.15) is 0 Å². The molecule has 0 saturated carbocycles. The summed E-state index contributed by atoms with van der Waals surface area (Å²) in [4.78, 5) is 6.04. The molecule has 0 nitrogen and oxygen atoms in total. The second-order valence-electron chi connectivity index (χ2n) is 6.45. The van der Waals surface area contributed by atoms with Crippen LogP contribution in [0.1, 0.15) is 54.6 Å². The average Bonchev–Trinajstić information content (AvgIpc) is 2.97. The van der Waals surface area contributed by atoms with Gasteiger partial charge in [-0.3, -0.25) is 0 Å². The Balaban J connectivity index is 1.92. The highest BCUT2D eigenvalue weighted by Crippen LogP contribution is 2.47. The van der Waals surface area contributed by atoms with Crippen molar-refractivity contribution in [1.29, 1.82) is 0 Å². The average molecular weight is 327 g/mol. The monoisotopic (exact) mass is 326 g/mol. The van der Waals surface area contributed by atoms with Gasteiger partial charge < -0.3 is 0 Å². The SMILES string of the molecule is Cc1sc(C)c2c1CCC=C2C1=CCCc2c(C)sc(C)c21. The van der Waals surface area contributed by atoms with E-state index < -0.39 is 0 Å². The lowest BCUT2D eigenvalue weighted by Crippen LogP contribution is -2.05. The van der Waals surface area contributed by atoms with Crippen molar-refractivity contribution in [3.8, 4) is 0 Å². The quantitative estimate of drug-likeness (QED) is 0.568. The van der Waals surface area contributed by atoms with Crippen LogP contribution in [0.5, 0.6) is 0 Å². The Hall–Kier alpha value is -1.12. The maximum absolute atomic E-state index is 2.49. The second kappa shape index (κ2) is 5.21. The van der Waals surface area contributed by atoms with Crippen molar-refractivity contribution < 1.29 is 0 Å². The molecule has 0 fully saturated rings. The number of thiophene rings is 2. The van der Waals surface area contributed by atoms with Crippen LogP contribution >= 0.6 is 22.7 Å². The summed E-state index contributed by atoms with van der Waals surface area (Å²) < 4.78 is 0. The number of rotatable bonds is 1. The van der Waals surface area contributed by atoms with E-state index in [1.165, 1.54) is 56.3 Å². The third-order valence-electron chi connectivity index (χ3n) is 5.08. The van der Waals surface area contributed by atoms with Gasteiger partial charge in [-0.15, -0.1) is 22.7 Å². The predicted octanol–water partition coefficient (Wildman–Crippen LogP) is 6.40. The topological polar surface area (TPSA) is 0 Å². The van der Waals surface area contributed by atoms with Gasteiger partial charge in [0.15, 0.2) is 0 Å². The maximum atomic E-state index is 2.49. The van der Waals surface area contributed by atoms with E-state index in [0.717, 1.165) is 0 Å². The van der Waals surface area contributed by atoms with Crippen molar-refractivity contribution in [1.82, 2.24) is 0 Å². The van der Waals surface area contributed by atoms with Crippen LogP contribution in [0.25, 0.3) is 11.1 Å². The van der Waals surface area contributed by atoms with Gasteiger partial charge in [-0.05, 0) is 86.8 Å². The van der Waals surface area contributed by atoms with Crippen LogP contribution in [-0.2, 0) is 12.8 Å². The Bertz CT molecular complexity index is 754. The standard InChI is InChI=1S/C20H22S2/c1-11-15-7-5-9-17(19(15)13(3)21-11)18-10-6-8-16-12(2)22-14(4)20(16)18/h9-10H,5-8H2,1-4H3. The van der Waals surface area contributed by atoms with Gasteiger partial charge in [0.2, 0.25) is 0 Å². The normalized spacial score (nSPS) is 16.9. The summed E-state index contributed by atoms with van der Waals surface area (Å²) in [6.45, 7) is 9.18. The molecular weight excluding hydrogens is 304 g/mol. The molecule has 0 bridgehead atoms. The zero-order chi connectivity index (χ0) is 15.4. The number of aryl methyl sites for hydroxylation is 4. The van der Waals surface area contributed by atoms with Gasteiger partial charge in [0.1, 0.15) is 0 Å². The largest absolute Gasteiger partial charge is 0.145 e. The third-order valence-corrected chi connectivity index (χ3v) is 7.21. The van der Waals surface area contributed by atoms with Crippen LogP contribution < -0.4 is 0 Å². The van der Waals surface area contributed by atoms with Gasteiger partial charge in [-0.25, -0.2) is 0 Å². The molecule has 22 heavy (non-hydrogen) atoms. The van der Waals surface area contributed by atoms with Crippen molar-refractivity contribution >= 4 is 33.8 Å². The highest BCUT2D eigenvalue weighted by molar-refractivity contribution is 7.12. The van der Waals surface area contributed by atoms with E-state index in [2.05, 4.69) is 39.8 Å². The minimum absolute atomic E-state index is 1.19. The Morgan fingerprint density at radius 2 is 1.05 bits per heavy atom. The van der Waals surface area contributed by atoms with Crippen molar-refractivity contribution in [3.05, 3.63) is 53.9 Å². The van der Waals surface area contributed by atoms with Crippen molar-refractivity contribution in [2.24, 2.45) is 0 Å². The zero-order valence-electron chi connectivity index (χ0n) is 13.8. The fourth-order valence-electron chi connectivity index (χ4n) is 4.18. The van der Waals surface area contributed by atoms with Crippen LogP contribution in [-0.4, -0.2) is 0 Å². The first-order chi connectivity index (χ1) is 10.6. The molecule has 2 heteroatoms. The number of hydrogen-bond donors (Lipinski definition) is 0. The van der Waals surface area contributed by atoms with Crippen LogP contribution in [0.2, 0.25) is 0 Å². The highest BCUT2D eigenvalue weighted by atomic mass is 32.1. The van der Waals surface area contributed by atoms with E-state index in [1.807, 2.05) is 22.7 Å². The summed E-state index contributed by atoms with van der Waals surface area (Å²) in [7, 11) is 0. The van der Waals surface area contributed by atoms with Crippen LogP contribution in [0.15, 0.2) is 12.2 Å².